The summed E-state index contributed by atoms with van der Waals surface area (Å²) < 4.78 is 17.8. The van der Waals surface area contributed by atoms with Gasteiger partial charge in [0.1, 0.15) is 0 Å². The molecule has 1 aromatic heterocycles. The van der Waals surface area contributed by atoms with Crippen molar-refractivity contribution in [1.82, 2.24) is 9.88 Å². The van der Waals surface area contributed by atoms with Crippen LogP contribution in [0.5, 0.6) is 11.5 Å². The number of carbonyl (C=O) groups is 2. The number of nitrogens with one attached hydrogen (secondary N) is 1. The lowest BCUT2D eigenvalue weighted by molar-refractivity contribution is -0.124. The highest BCUT2D eigenvalue weighted by molar-refractivity contribution is 6.04. The first-order chi connectivity index (χ1) is 16.6. The third-order valence-electron chi connectivity index (χ3n) is 5.48. The van der Waals surface area contributed by atoms with Crippen molar-refractivity contribution in [3.63, 3.8) is 0 Å². The van der Waals surface area contributed by atoms with E-state index < -0.39 is 11.9 Å². The molecule has 3 aromatic carbocycles. The van der Waals surface area contributed by atoms with Crippen LogP contribution in [0.4, 0.5) is 0 Å². The molecule has 0 saturated carbocycles. The zero-order chi connectivity index (χ0) is 23.9. The monoisotopic (exact) mass is 458 g/mol. The van der Waals surface area contributed by atoms with Crippen LogP contribution >= 0.6 is 0 Å². The van der Waals surface area contributed by atoms with Crippen molar-refractivity contribution in [3.8, 4) is 11.5 Å². The Hall–Kier alpha value is -4.26. The van der Waals surface area contributed by atoms with Gasteiger partial charge in [-0.05, 0) is 29.3 Å². The number of hydrogen-bond acceptors (Lipinski definition) is 5. The molecule has 0 saturated heterocycles. The number of rotatable bonds is 9. The summed E-state index contributed by atoms with van der Waals surface area (Å²) >= 11 is 0. The van der Waals surface area contributed by atoms with Crippen LogP contribution in [0, 0.1) is 0 Å². The standard InChI is InChI=1S/C27H26N2O5/c1-32-24-13-12-20(14-25(24)33-2)15-28-26(30)18-34-27(31)22-17-29(16-19-8-4-3-5-9-19)23-11-7-6-10-21(22)23/h3-14,17H,15-16,18H2,1-2H3,(H,28,30). The second kappa shape index (κ2) is 10.6. The molecule has 0 atom stereocenters. The molecule has 0 spiro atoms. The van der Waals surface area contributed by atoms with Gasteiger partial charge in [0.25, 0.3) is 5.91 Å². The quantitative estimate of drug-likeness (QED) is 0.381. The summed E-state index contributed by atoms with van der Waals surface area (Å²) in [6.45, 7) is 0.526. The first kappa shape index (κ1) is 22.9. The van der Waals surface area contributed by atoms with E-state index in [1.165, 1.54) is 0 Å². The van der Waals surface area contributed by atoms with E-state index in [1.54, 1.807) is 32.5 Å². The van der Waals surface area contributed by atoms with Crippen molar-refractivity contribution >= 4 is 22.8 Å². The normalized spacial score (nSPS) is 10.6. The van der Waals surface area contributed by atoms with Gasteiger partial charge in [0.15, 0.2) is 18.1 Å². The lowest BCUT2D eigenvalue weighted by Crippen LogP contribution is -2.28. The van der Waals surface area contributed by atoms with Gasteiger partial charge in [0.2, 0.25) is 0 Å². The smallest absolute Gasteiger partial charge is 0.340 e. The highest BCUT2D eigenvalue weighted by Crippen LogP contribution is 2.27. The van der Waals surface area contributed by atoms with Gasteiger partial charge in [-0.15, -0.1) is 0 Å². The number of para-hydroxylation sites is 1. The number of esters is 1. The summed E-state index contributed by atoms with van der Waals surface area (Å²) in [6, 6.07) is 23.0. The fourth-order valence-electron chi connectivity index (χ4n) is 3.77. The Kier molecular flexibility index (Phi) is 7.13. The maximum atomic E-state index is 12.8. The van der Waals surface area contributed by atoms with E-state index >= 15 is 0 Å². The van der Waals surface area contributed by atoms with Gasteiger partial charge in [-0.25, -0.2) is 4.79 Å². The van der Waals surface area contributed by atoms with Gasteiger partial charge in [0, 0.05) is 30.2 Å². The summed E-state index contributed by atoms with van der Waals surface area (Å²) in [6.07, 6.45) is 1.78. The minimum atomic E-state index is -0.538. The fraction of sp³-hybridized carbons (Fsp3) is 0.185. The largest absolute Gasteiger partial charge is 0.493 e. The van der Waals surface area contributed by atoms with Crippen molar-refractivity contribution in [2.24, 2.45) is 0 Å². The van der Waals surface area contributed by atoms with Crippen molar-refractivity contribution in [3.05, 3.63) is 95.7 Å². The lowest BCUT2D eigenvalue weighted by Gasteiger charge is -2.10. The first-order valence-corrected chi connectivity index (χ1v) is 10.9. The lowest BCUT2D eigenvalue weighted by atomic mass is 10.2. The number of benzene rings is 3. The van der Waals surface area contributed by atoms with E-state index in [2.05, 4.69) is 5.32 Å². The van der Waals surface area contributed by atoms with Gasteiger partial charge in [-0.3, -0.25) is 4.79 Å². The van der Waals surface area contributed by atoms with E-state index in [4.69, 9.17) is 14.2 Å². The van der Waals surface area contributed by atoms with E-state index in [-0.39, 0.29) is 13.2 Å². The Morgan fingerprint density at radius 3 is 2.35 bits per heavy atom. The van der Waals surface area contributed by atoms with Crippen LogP contribution in [-0.2, 0) is 22.6 Å². The van der Waals surface area contributed by atoms with E-state index in [0.29, 0.717) is 23.6 Å². The second-order valence-corrected chi connectivity index (χ2v) is 7.72. The number of methoxy groups -OCH3 is 2. The highest BCUT2D eigenvalue weighted by atomic mass is 16.5. The molecule has 0 aliphatic carbocycles. The van der Waals surface area contributed by atoms with Crippen molar-refractivity contribution in [2.45, 2.75) is 13.1 Å². The summed E-state index contributed by atoms with van der Waals surface area (Å²) in [7, 11) is 3.11. The molecule has 7 nitrogen and oxygen atoms in total. The average molecular weight is 459 g/mol. The number of hydrogen-bond donors (Lipinski definition) is 1. The number of aromatic nitrogens is 1. The van der Waals surface area contributed by atoms with Crippen molar-refractivity contribution < 1.29 is 23.8 Å². The molecule has 0 fully saturated rings. The highest BCUT2D eigenvalue weighted by Gasteiger charge is 2.17. The molecule has 0 radical (unpaired) electrons. The molecule has 1 N–H and O–H groups in total. The maximum absolute atomic E-state index is 12.8. The third-order valence-corrected chi connectivity index (χ3v) is 5.48. The van der Waals surface area contributed by atoms with Gasteiger partial charge in [-0.2, -0.15) is 0 Å². The molecule has 1 heterocycles. The maximum Gasteiger partial charge on any atom is 0.340 e. The Labute approximate surface area is 197 Å². The van der Waals surface area contributed by atoms with Crippen LogP contribution < -0.4 is 14.8 Å². The van der Waals surface area contributed by atoms with Crippen molar-refractivity contribution in [2.75, 3.05) is 20.8 Å². The minimum Gasteiger partial charge on any atom is -0.493 e. The zero-order valence-corrected chi connectivity index (χ0v) is 19.1. The number of nitrogens with zero attached hydrogens (tertiary/aromatic N) is 1. The summed E-state index contributed by atoms with van der Waals surface area (Å²) in [4.78, 5) is 25.1. The average Bonchev–Trinajstić information content (AvgIpc) is 3.24. The predicted molar refractivity (Wildman–Crippen MR) is 129 cm³/mol. The van der Waals surface area contributed by atoms with E-state index in [9.17, 15) is 9.59 Å². The Bertz CT molecular complexity index is 1300. The summed E-state index contributed by atoms with van der Waals surface area (Å²) in [5.41, 5.74) is 3.31. The molecule has 174 valence electrons. The summed E-state index contributed by atoms with van der Waals surface area (Å²) in [5, 5.41) is 3.54. The molecular formula is C27H26N2O5. The molecule has 0 aliphatic rings. The van der Waals surface area contributed by atoms with Gasteiger partial charge >= 0.3 is 5.97 Å². The van der Waals surface area contributed by atoms with Crippen LogP contribution in [0.2, 0.25) is 0 Å². The molecular weight excluding hydrogens is 432 g/mol. The summed E-state index contributed by atoms with van der Waals surface area (Å²) in [5.74, 6) is 0.256. The number of carbonyl (C=O) groups excluding carboxylic acids is 2. The molecule has 0 unspecified atom stereocenters. The van der Waals surface area contributed by atoms with Crippen LogP contribution in [0.15, 0.2) is 79.0 Å². The Morgan fingerprint density at radius 2 is 1.59 bits per heavy atom. The predicted octanol–water partition coefficient (Wildman–Crippen LogP) is 4.18. The van der Waals surface area contributed by atoms with Gasteiger partial charge < -0.3 is 24.1 Å². The van der Waals surface area contributed by atoms with Gasteiger partial charge in [-0.1, -0.05) is 54.6 Å². The van der Waals surface area contributed by atoms with Crippen molar-refractivity contribution in [1.29, 1.82) is 0 Å². The SMILES string of the molecule is COc1ccc(CNC(=O)COC(=O)c2cn(Cc3ccccc3)c3ccccc23)cc1OC. The number of fused-ring (bicyclic) bond motifs is 1. The van der Waals surface area contributed by atoms with Crippen LogP contribution in [0.25, 0.3) is 10.9 Å². The molecule has 1 amide bonds. The topological polar surface area (TPSA) is 78.8 Å². The minimum absolute atomic E-state index is 0.271. The number of ether oxygens (including phenoxy) is 3. The molecule has 0 aliphatic heterocycles. The molecule has 4 aromatic rings. The first-order valence-electron chi connectivity index (χ1n) is 10.9. The Morgan fingerprint density at radius 1 is 0.853 bits per heavy atom. The van der Waals surface area contributed by atoms with Crippen LogP contribution in [-0.4, -0.2) is 37.3 Å². The molecule has 0 bridgehead atoms. The van der Waals surface area contributed by atoms with E-state index in [1.807, 2.05) is 65.2 Å². The zero-order valence-electron chi connectivity index (χ0n) is 19.1. The van der Waals surface area contributed by atoms with Crippen LogP contribution in [0.1, 0.15) is 21.5 Å². The molecule has 34 heavy (non-hydrogen) atoms. The van der Waals surface area contributed by atoms with Crippen LogP contribution in [0.3, 0.4) is 0 Å². The number of amides is 1. The third kappa shape index (κ3) is 5.20. The van der Waals surface area contributed by atoms with Gasteiger partial charge in [0.05, 0.1) is 19.8 Å². The Balaban J connectivity index is 1.39. The molecule has 4 rings (SSSR count). The fourth-order valence-corrected chi connectivity index (χ4v) is 3.77. The molecule has 7 heteroatoms. The second-order valence-electron chi connectivity index (χ2n) is 7.72. The van der Waals surface area contributed by atoms with E-state index in [0.717, 1.165) is 22.0 Å².